The first-order valence-electron chi connectivity index (χ1n) is 5.11. The van der Waals surface area contributed by atoms with Crippen molar-refractivity contribution in [1.82, 2.24) is 0 Å². The van der Waals surface area contributed by atoms with Gasteiger partial charge in [0.1, 0.15) is 0 Å². The largest absolute Gasteiger partial charge is 0.370 e. The summed E-state index contributed by atoms with van der Waals surface area (Å²) in [5, 5.41) is 0. The normalized spacial score (nSPS) is 16.5. The van der Waals surface area contributed by atoms with E-state index in [1.165, 1.54) is 35.2 Å². The predicted molar refractivity (Wildman–Crippen MR) is 80.7 cm³/mol. The van der Waals surface area contributed by atoms with Crippen LogP contribution in [0.2, 0.25) is 0 Å². The number of fused-ring (bicyclic) bond motifs is 1. The lowest BCUT2D eigenvalue weighted by molar-refractivity contribution is 0.821. The quantitative estimate of drug-likeness (QED) is 0.572. The average molecular weight is 380 g/mol. The standard InChI is InChI=1S/C12H15BrIN/c1-9(14-2)8-15-6-5-10-3-4-11(13)7-12(10)15/h3-4,7,9H,2,5-6,8H2,1H3/t9-/m1/s1. The monoisotopic (exact) mass is 379 g/mol. The molecule has 0 radical (unpaired) electrons. The number of rotatable bonds is 3. The van der Waals surface area contributed by atoms with E-state index in [2.05, 4.69) is 50.5 Å². The highest BCUT2D eigenvalue weighted by molar-refractivity contribution is 14.2. The molecular weight excluding hydrogens is 365 g/mol. The summed E-state index contributed by atoms with van der Waals surface area (Å²) in [6, 6.07) is 6.62. The van der Waals surface area contributed by atoms with Crippen LogP contribution in [0.1, 0.15) is 12.5 Å². The molecule has 1 aromatic rings. The Morgan fingerprint density at radius 3 is 3.13 bits per heavy atom. The third kappa shape index (κ3) is 2.61. The molecule has 2 rings (SSSR count). The molecule has 1 aliphatic rings. The maximum Gasteiger partial charge on any atom is 0.0411 e. The first-order chi connectivity index (χ1) is 7.20. The fourth-order valence-electron chi connectivity index (χ4n) is 1.96. The van der Waals surface area contributed by atoms with E-state index in [9.17, 15) is 0 Å². The minimum atomic E-state index is 0.125. The van der Waals surface area contributed by atoms with E-state index in [1.807, 2.05) is 0 Å². The summed E-state index contributed by atoms with van der Waals surface area (Å²) >= 11 is 3.67. The number of halogens is 2. The second-order valence-electron chi connectivity index (χ2n) is 3.90. The lowest BCUT2D eigenvalue weighted by Crippen LogP contribution is -2.26. The van der Waals surface area contributed by atoms with E-state index in [-0.39, 0.29) is 20.7 Å². The SMILES string of the molecule is C=I[C@H](C)CN1CCc2ccc(Br)cc21. The smallest absolute Gasteiger partial charge is 0.0411 e. The van der Waals surface area contributed by atoms with Gasteiger partial charge in [-0.15, -0.1) is 20.7 Å². The summed E-state index contributed by atoms with van der Waals surface area (Å²) in [4.78, 5) is 2.51. The molecule has 0 bridgehead atoms. The van der Waals surface area contributed by atoms with Crippen LogP contribution in [-0.4, -0.2) is 21.5 Å². The molecule has 0 fully saturated rings. The van der Waals surface area contributed by atoms with Crippen molar-refractivity contribution in [3.8, 4) is 0 Å². The van der Waals surface area contributed by atoms with Crippen LogP contribution in [0.3, 0.4) is 0 Å². The Hall–Kier alpha value is 0.1000. The summed E-state index contributed by atoms with van der Waals surface area (Å²) in [6.45, 7) is 4.68. The second-order valence-corrected chi connectivity index (χ2v) is 7.83. The van der Waals surface area contributed by atoms with Crippen molar-refractivity contribution in [2.24, 2.45) is 0 Å². The van der Waals surface area contributed by atoms with Crippen molar-refractivity contribution in [2.75, 3.05) is 18.0 Å². The van der Waals surface area contributed by atoms with Crippen LogP contribution >= 0.6 is 36.7 Å². The second kappa shape index (κ2) is 4.95. The van der Waals surface area contributed by atoms with Crippen molar-refractivity contribution in [3.63, 3.8) is 0 Å². The van der Waals surface area contributed by atoms with Gasteiger partial charge in [-0.25, -0.2) is 0 Å². The van der Waals surface area contributed by atoms with Crippen molar-refractivity contribution in [3.05, 3.63) is 28.2 Å². The van der Waals surface area contributed by atoms with Gasteiger partial charge in [-0.1, -0.05) is 33.4 Å². The van der Waals surface area contributed by atoms with E-state index in [0.29, 0.717) is 0 Å². The molecule has 0 unspecified atom stereocenters. The zero-order valence-corrected chi connectivity index (χ0v) is 12.6. The summed E-state index contributed by atoms with van der Waals surface area (Å²) < 4.78 is 6.05. The molecule has 82 valence electrons. The topological polar surface area (TPSA) is 3.24 Å². The number of benzene rings is 1. The Kier molecular flexibility index (Phi) is 3.83. The number of hydrogen-bond donors (Lipinski definition) is 0. The lowest BCUT2D eigenvalue weighted by Gasteiger charge is -2.21. The van der Waals surface area contributed by atoms with Gasteiger partial charge in [0, 0.05) is 27.2 Å². The number of anilines is 1. The molecule has 1 nitrogen and oxygen atoms in total. The average Bonchev–Trinajstić information content (AvgIpc) is 2.61. The maximum atomic E-state index is 4.08. The van der Waals surface area contributed by atoms with E-state index in [4.69, 9.17) is 0 Å². The van der Waals surface area contributed by atoms with Crippen LogP contribution in [0.4, 0.5) is 5.69 Å². The van der Waals surface area contributed by atoms with Crippen molar-refractivity contribution in [2.45, 2.75) is 17.3 Å². The molecule has 0 spiro atoms. The Balaban J connectivity index is 2.20. The Bertz CT molecular complexity index is 378. The Labute approximate surface area is 110 Å². The molecule has 1 heterocycles. The van der Waals surface area contributed by atoms with E-state index < -0.39 is 0 Å². The molecule has 1 aliphatic heterocycles. The minimum absolute atomic E-state index is 0.125. The third-order valence-corrected chi connectivity index (χ3v) is 5.17. The van der Waals surface area contributed by atoms with Gasteiger partial charge in [0.15, 0.2) is 0 Å². The lowest BCUT2D eigenvalue weighted by atomic mass is 10.2. The summed E-state index contributed by atoms with van der Waals surface area (Å²) in [5.74, 6) is 0. The maximum absolute atomic E-state index is 4.08. The molecule has 0 saturated carbocycles. The predicted octanol–water partition coefficient (Wildman–Crippen LogP) is 3.60. The zero-order valence-electron chi connectivity index (χ0n) is 8.84. The fourth-order valence-corrected chi connectivity index (χ4v) is 3.06. The summed E-state index contributed by atoms with van der Waals surface area (Å²) in [7, 11) is 0. The highest BCUT2D eigenvalue weighted by Crippen LogP contribution is 2.31. The number of hydrogen-bond acceptors (Lipinski definition) is 1. The van der Waals surface area contributed by atoms with Gasteiger partial charge in [0.05, 0.1) is 0 Å². The van der Waals surface area contributed by atoms with Crippen molar-refractivity contribution in [1.29, 1.82) is 0 Å². The van der Waals surface area contributed by atoms with Crippen LogP contribution < -0.4 is 4.90 Å². The third-order valence-electron chi connectivity index (χ3n) is 2.77. The van der Waals surface area contributed by atoms with Gasteiger partial charge in [0.25, 0.3) is 0 Å². The molecule has 1 atom stereocenters. The van der Waals surface area contributed by atoms with Crippen LogP contribution in [-0.2, 0) is 6.42 Å². The van der Waals surface area contributed by atoms with E-state index >= 15 is 0 Å². The van der Waals surface area contributed by atoms with Gasteiger partial charge in [-0.2, -0.15) is 0 Å². The van der Waals surface area contributed by atoms with Crippen LogP contribution in [0.5, 0.6) is 0 Å². The zero-order chi connectivity index (χ0) is 10.8. The van der Waals surface area contributed by atoms with Gasteiger partial charge in [-0.3, -0.25) is 0 Å². The van der Waals surface area contributed by atoms with Gasteiger partial charge < -0.3 is 4.90 Å². The van der Waals surface area contributed by atoms with Crippen molar-refractivity contribution < 1.29 is 0 Å². The molecule has 0 amide bonds. The number of alkyl halides is 1. The van der Waals surface area contributed by atoms with E-state index in [1.54, 1.807) is 0 Å². The minimum Gasteiger partial charge on any atom is -0.370 e. The molecule has 15 heavy (non-hydrogen) atoms. The van der Waals surface area contributed by atoms with Gasteiger partial charge in [0.2, 0.25) is 0 Å². The van der Waals surface area contributed by atoms with Gasteiger partial charge >= 0.3 is 0 Å². The highest BCUT2D eigenvalue weighted by atomic mass is 127. The first kappa shape index (κ1) is 11.6. The molecule has 0 aromatic heterocycles. The van der Waals surface area contributed by atoms with Crippen LogP contribution in [0.25, 0.3) is 0 Å². The molecule has 0 aliphatic carbocycles. The summed E-state index contributed by atoms with van der Waals surface area (Å²) in [5.41, 5.74) is 2.92. The molecule has 0 saturated heterocycles. The molecular formula is C12H15BrIN. The highest BCUT2D eigenvalue weighted by Gasteiger charge is 2.19. The molecule has 1 aromatic carbocycles. The van der Waals surface area contributed by atoms with Crippen LogP contribution in [0, 0.1) is 0 Å². The van der Waals surface area contributed by atoms with Crippen LogP contribution in [0.15, 0.2) is 22.7 Å². The van der Waals surface area contributed by atoms with Gasteiger partial charge in [-0.05, 0) is 24.1 Å². The van der Waals surface area contributed by atoms with E-state index in [0.717, 1.165) is 3.92 Å². The Morgan fingerprint density at radius 1 is 1.60 bits per heavy atom. The number of nitrogens with zero attached hydrogens (tertiary/aromatic N) is 1. The molecule has 3 heteroatoms. The Morgan fingerprint density at radius 2 is 2.40 bits per heavy atom. The fraction of sp³-hybridized carbons (Fsp3) is 0.417. The molecule has 0 N–H and O–H groups in total. The first-order valence-corrected chi connectivity index (χ1v) is 8.67. The summed E-state index contributed by atoms with van der Waals surface area (Å²) in [6.07, 6.45) is 1.20. The van der Waals surface area contributed by atoms with Crippen molar-refractivity contribution >= 4 is 46.9 Å².